The Balaban J connectivity index is 2.02. The molecule has 0 saturated heterocycles. The summed E-state index contributed by atoms with van der Waals surface area (Å²) in [6.07, 6.45) is 2.26. The number of nitrogens with zero attached hydrogens (tertiary/aromatic N) is 1. The van der Waals surface area contributed by atoms with E-state index in [4.69, 9.17) is 6.85 Å². The van der Waals surface area contributed by atoms with Crippen molar-refractivity contribution in [2.75, 3.05) is 0 Å². The SMILES string of the molecule is [2H]C([2H])([2H])c1ccc(-c2cc(C)c(C([2H])([2H])C3CC(C)(C)C(C)(C)C3)c[n+]2C)c(C)c1. The Bertz CT molecular complexity index is 986. The third-order valence-corrected chi connectivity index (χ3v) is 6.69. The van der Waals surface area contributed by atoms with E-state index in [1.54, 1.807) is 12.1 Å². The van der Waals surface area contributed by atoms with Gasteiger partial charge in [-0.1, -0.05) is 45.4 Å². The van der Waals surface area contributed by atoms with E-state index in [2.05, 4.69) is 27.7 Å². The summed E-state index contributed by atoms with van der Waals surface area (Å²) in [7, 11) is 1.94. The van der Waals surface area contributed by atoms with Crippen LogP contribution < -0.4 is 4.57 Å². The number of hydrogen-bond donors (Lipinski definition) is 0. The first-order valence-corrected chi connectivity index (χ1v) is 9.60. The van der Waals surface area contributed by atoms with Crippen LogP contribution in [0.3, 0.4) is 0 Å². The zero-order chi connectivity index (χ0) is 23.6. The molecule has 0 atom stereocenters. The molecule has 0 aliphatic heterocycles. The maximum absolute atomic E-state index is 9.06. The summed E-state index contributed by atoms with van der Waals surface area (Å²) in [5.74, 6) is -0.0256. The van der Waals surface area contributed by atoms with E-state index in [-0.39, 0.29) is 16.7 Å². The highest BCUT2D eigenvalue weighted by atomic mass is 14.9. The van der Waals surface area contributed by atoms with Gasteiger partial charge >= 0.3 is 0 Å². The Morgan fingerprint density at radius 2 is 1.73 bits per heavy atom. The van der Waals surface area contributed by atoms with Crippen molar-refractivity contribution < 1.29 is 11.4 Å². The average molecular weight is 356 g/mol. The minimum absolute atomic E-state index is 0.0256. The molecule has 1 aromatic carbocycles. The molecule has 0 N–H and O–H groups in total. The zero-order valence-electron chi connectivity index (χ0n) is 22.3. The average Bonchev–Trinajstić information content (AvgIpc) is 2.84. The quantitative estimate of drug-likeness (QED) is 0.585. The number of aromatic nitrogens is 1. The van der Waals surface area contributed by atoms with Crippen LogP contribution in [-0.2, 0) is 13.4 Å². The van der Waals surface area contributed by atoms with Gasteiger partial charge in [0.15, 0.2) is 6.20 Å². The fraction of sp³-hybridized carbons (Fsp3) is 0.560. The molecule has 26 heavy (non-hydrogen) atoms. The van der Waals surface area contributed by atoms with Crippen molar-refractivity contribution >= 4 is 0 Å². The number of benzene rings is 1. The molecule has 0 bridgehead atoms. The second kappa shape index (κ2) is 6.51. The Labute approximate surface area is 167 Å². The third-order valence-electron chi connectivity index (χ3n) is 6.69. The maximum Gasteiger partial charge on any atom is 0.212 e. The van der Waals surface area contributed by atoms with E-state index in [9.17, 15) is 0 Å². The summed E-state index contributed by atoms with van der Waals surface area (Å²) in [5, 5.41) is 0. The molecule has 0 amide bonds. The molecule has 1 heterocycles. The molecular formula is C25H36N+. The van der Waals surface area contributed by atoms with Crippen molar-refractivity contribution in [2.24, 2.45) is 23.8 Å². The molecular weight excluding hydrogens is 314 g/mol. The van der Waals surface area contributed by atoms with Crippen LogP contribution in [0.5, 0.6) is 0 Å². The van der Waals surface area contributed by atoms with E-state index in [0.717, 1.165) is 40.8 Å². The van der Waals surface area contributed by atoms with Crippen LogP contribution in [0.15, 0.2) is 30.5 Å². The van der Waals surface area contributed by atoms with E-state index in [1.165, 1.54) is 0 Å². The van der Waals surface area contributed by atoms with Gasteiger partial charge in [0.05, 0.1) is 0 Å². The molecule has 1 nitrogen and oxygen atoms in total. The first-order valence-electron chi connectivity index (χ1n) is 12.1. The summed E-state index contributed by atoms with van der Waals surface area (Å²) in [4.78, 5) is 0. The van der Waals surface area contributed by atoms with Gasteiger partial charge in [-0.05, 0) is 73.9 Å². The van der Waals surface area contributed by atoms with Gasteiger partial charge in [-0.3, -0.25) is 0 Å². The van der Waals surface area contributed by atoms with Crippen LogP contribution in [0.25, 0.3) is 11.3 Å². The van der Waals surface area contributed by atoms with E-state index < -0.39 is 13.2 Å². The molecule has 1 saturated carbocycles. The first kappa shape index (κ1) is 13.5. The minimum atomic E-state index is -2.12. The summed E-state index contributed by atoms with van der Waals surface area (Å²) < 4.78 is 43.0. The summed E-state index contributed by atoms with van der Waals surface area (Å²) in [5.41, 5.74) is 5.04. The summed E-state index contributed by atoms with van der Waals surface area (Å²) in [6, 6.07) is 7.30. The van der Waals surface area contributed by atoms with Crippen LogP contribution in [-0.4, -0.2) is 0 Å². The molecule has 1 aromatic heterocycles. The van der Waals surface area contributed by atoms with E-state index in [1.807, 2.05) is 43.8 Å². The van der Waals surface area contributed by atoms with Crippen molar-refractivity contribution in [3.63, 3.8) is 0 Å². The lowest BCUT2D eigenvalue weighted by Gasteiger charge is -2.34. The second-order valence-electron chi connectivity index (χ2n) is 9.41. The molecule has 1 aliphatic rings. The fourth-order valence-electron chi connectivity index (χ4n) is 4.30. The lowest BCUT2D eigenvalue weighted by molar-refractivity contribution is -0.660. The third kappa shape index (κ3) is 3.46. The Kier molecular flexibility index (Phi) is 3.39. The van der Waals surface area contributed by atoms with Gasteiger partial charge < -0.3 is 0 Å². The molecule has 1 heteroatoms. The number of hydrogen-bond acceptors (Lipinski definition) is 0. The standard InChI is InChI=1S/C25H36N/c1-17-9-10-22(19(3)11-17)23-12-18(2)21(16-26(23)8)13-20-14-24(4,5)25(6,7)15-20/h9-12,16,20H,13-15H2,1-8H3/q+1/i1D3,13D2. The van der Waals surface area contributed by atoms with Crippen molar-refractivity contribution in [1.29, 1.82) is 0 Å². The van der Waals surface area contributed by atoms with Gasteiger partial charge in [-0.2, -0.15) is 0 Å². The topological polar surface area (TPSA) is 3.88 Å². The zero-order valence-corrected chi connectivity index (χ0v) is 17.3. The lowest BCUT2D eigenvalue weighted by Crippen LogP contribution is -2.32. The van der Waals surface area contributed by atoms with Gasteiger partial charge in [0, 0.05) is 24.0 Å². The highest BCUT2D eigenvalue weighted by Gasteiger charge is 2.46. The minimum Gasteiger partial charge on any atom is -0.201 e. The number of pyridine rings is 1. The molecule has 0 spiro atoms. The molecule has 1 fully saturated rings. The molecule has 140 valence electrons. The Hall–Kier alpha value is -1.63. The van der Waals surface area contributed by atoms with Crippen LogP contribution in [0.1, 0.15) is 69.6 Å². The van der Waals surface area contributed by atoms with Crippen LogP contribution >= 0.6 is 0 Å². The number of rotatable bonds is 3. The Morgan fingerprint density at radius 3 is 2.31 bits per heavy atom. The van der Waals surface area contributed by atoms with Crippen LogP contribution in [0, 0.1) is 37.4 Å². The maximum atomic E-state index is 9.06. The Morgan fingerprint density at radius 1 is 1.08 bits per heavy atom. The van der Waals surface area contributed by atoms with Gasteiger partial charge in [0.2, 0.25) is 5.69 Å². The second-order valence-corrected chi connectivity index (χ2v) is 9.41. The highest BCUT2D eigenvalue weighted by molar-refractivity contribution is 5.62. The van der Waals surface area contributed by atoms with Gasteiger partial charge in [0.25, 0.3) is 0 Å². The van der Waals surface area contributed by atoms with Crippen molar-refractivity contribution in [3.05, 3.63) is 52.7 Å². The molecule has 0 unspecified atom stereocenters. The highest BCUT2D eigenvalue weighted by Crippen LogP contribution is 2.55. The van der Waals surface area contributed by atoms with Crippen molar-refractivity contribution in [1.82, 2.24) is 0 Å². The molecule has 2 aromatic rings. The van der Waals surface area contributed by atoms with Gasteiger partial charge in [-0.25, -0.2) is 4.57 Å². The fourth-order valence-corrected chi connectivity index (χ4v) is 4.30. The number of aryl methyl sites for hydroxylation is 4. The smallest absolute Gasteiger partial charge is 0.201 e. The molecule has 1 aliphatic carbocycles. The van der Waals surface area contributed by atoms with Crippen molar-refractivity contribution in [2.45, 2.75) is 67.6 Å². The molecule has 0 radical (unpaired) electrons. The first-order chi connectivity index (χ1) is 14.0. The van der Waals surface area contributed by atoms with E-state index in [0.29, 0.717) is 5.56 Å². The predicted octanol–water partition coefficient (Wildman–Crippen LogP) is 6.11. The van der Waals surface area contributed by atoms with Crippen LogP contribution in [0.4, 0.5) is 0 Å². The van der Waals surface area contributed by atoms with Crippen molar-refractivity contribution in [3.8, 4) is 11.3 Å². The van der Waals surface area contributed by atoms with Gasteiger partial charge in [-0.15, -0.1) is 0 Å². The molecule has 3 rings (SSSR count). The monoisotopic (exact) mass is 355 g/mol. The van der Waals surface area contributed by atoms with Gasteiger partial charge in [0.1, 0.15) is 7.05 Å². The van der Waals surface area contributed by atoms with Crippen LogP contribution in [0.2, 0.25) is 0 Å². The normalized spacial score (nSPS) is 23.0. The summed E-state index contributed by atoms with van der Waals surface area (Å²) in [6.45, 7) is 10.8. The largest absolute Gasteiger partial charge is 0.212 e. The lowest BCUT2D eigenvalue weighted by atomic mass is 9.71. The summed E-state index contributed by atoms with van der Waals surface area (Å²) >= 11 is 0. The predicted molar refractivity (Wildman–Crippen MR) is 111 cm³/mol. The van der Waals surface area contributed by atoms with E-state index >= 15 is 0 Å².